The molecule has 0 saturated heterocycles. The minimum absolute atomic E-state index is 0.192. The molecule has 0 amide bonds. The lowest BCUT2D eigenvalue weighted by molar-refractivity contribution is -0.142. The summed E-state index contributed by atoms with van der Waals surface area (Å²) in [6.45, 7) is 1.57. The molecular weight excluding hydrogens is 446 g/mol. The van der Waals surface area contributed by atoms with Crippen LogP contribution in [0.3, 0.4) is 0 Å². The average molecular weight is 467 g/mol. The van der Waals surface area contributed by atoms with Gasteiger partial charge in [-0.25, -0.2) is 24.9 Å². The van der Waals surface area contributed by atoms with E-state index in [9.17, 15) is 4.79 Å². The fourth-order valence-electron chi connectivity index (χ4n) is 3.62. The zero-order valence-corrected chi connectivity index (χ0v) is 19.0. The molecule has 10 nitrogen and oxygen atoms in total. The molecule has 2 N–H and O–H groups in total. The summed E-state index contributed by atoms with van der Waals surface area (Å²) in [5.41, 5.74) is 11.1. The lowest BCUT2D eigenvalue weighted by Crippen LogP contribution is -2.04. The molecule has 0 radical (unpaired) electrons. The van der Waals surface area contributed by atoms with Gasteiger partial charge >= 0.3 is 5.97 Å². The fourth-order valence-corrected chi connectivity index (χ4v) is 3.62. The Morgan fingerprint density at radius 2 is 1.77 bits per heavy atom. The Bertz CT molecular complexity index is 1510. The van der Waals surface area contributed by atoms with E-state index in [0.717, 1.165) is 22.5 Å². The third kappa shape index (κ3) is 4.36. The van der Waals surface area contributed by atoms with Crippen molar-refractivity contribution in [2.45, 2.75) is 13.5 Å². The van der Waals surface area contributed by atoms with Crippen molar-refractivity contribution in [3.8, 4) is 34.3 Å². The molecular formula is C25H21N7O3. The number of carbonyl (C=O) groups excluding carboxylic acids is 1. The number of pyridine rings is 2. The molecule has 4 aromatic heterocycles. The molecule has 0 atom stereocenters. The summed E-state index contributed by atoms with van der Waals surface area (Å²) in [7, 11) is 1.57. The lowest BCUT2D eigenvalue weighted by Gasteiger charge is -2.11. The number of rotatable bonds is 6. The topological polar surface area (TPSA) is 131 Å². The van der Waals surface area contributed by atoms with Crippen LogP contribution in [0.15, 0.2) is 67.1 Å². The van der Waals surface area contributed by atoms with Crippen molar-refractivity contribution in [1.82, 2.24) is 29.5 Å². The molecule has 0 bridgehead atoms. The highest BCUT2D eigenvalue weighted by atomic mass is 16.5. The van der Waals surface area contributed by atoms with Crippen molar-refractivity contribution in [1.29, 1.82) is 0 Å². The molecule has 0 saturated carbocycles. The smallest absolute Gasteiger partial charge is 0.302 e. The number of nitrogens with zero attached hydrogens (tertiary/aromatic N) is 6. The first-order chi connectivity index (χ1) is 17.0. The number of nitrogens with two attached hydrogens (primary N) is 1. The normalized spacial score (nSPS) is 10.9. The minimum atomic E-state index is -0.333. The van der Waals surface area contributed by atoms with Gasteiger partial charge < -0.3 is 15.2 Å². The highest BCUT2D eigenvalue weighted by Crippen LogP contribution is 2.30. The van der Waals surface area contributed by atoms with Gasteiger partial charge in [-0.05, 0) is 35.9 Å². The van der Waals surface area contributed by atoms with Gasteiger partial charge in [0.2, 0.25) is 5.88 Å². The summed E-state index contributed by atoms with van der Waals surface area (Å²) in [6, 6.07) is 15.0. The summed E-state index contributed by atoms with van der Waals surface area (Å²) in [6.07, 6.45) is 4.81. The Kier molecular flexibility index (Phi) is 5.76. The van der Waals surface area contributed by atoms with Gasteiger partial charge in [0.1, 0.15) is 17.8 Å². The van der Waals surface area contributed by atoms with Crippen LogP contribution in [-0.4, -0.2) is 42.6 Å². The van der Waals surface area contributed by atoms with Crippen LogP contribution in [0.1, 0.15) is 12.5 Å². The first-order valence-electron chi connectivity index (χ1n) is 10.7. The Balaban J connectivity index is 1.66. The Morgan fingerprint density at radius 1 is 0.971 bits per heavy atom. The second-order valence-corrected chi connectivity index (χ2v) is 7.64. The number of anilines is 1. The van der Waals surface area contributed by atoms with Gasteiger partial charge in [-0.15, -0.1) is 0 Å². The third-order valence-corrected chi connectivity index (χ3v) is 5.32. The predicted molar refractivity (Wildman–Crippen MR) is 130 cm³/mol. The number of imidazole rings is 1. The Labute approximate surface area is 200 Å². The van der Waals surface area contributed by atoms with E-state index in [1.807, 2.05) is 47.0 Å². The average Bonchev–Trinajstić information content (AvgIpc) is 3.26. The molecule has 0 fully saturated rings. The molecule has 4 heterocycles. The van der Waals surface area contributed by atoms with Gasteiger partial charge in [-0.2, -0.15) is 0 Å². The number of benzene rings is 1. The number of hydrogen-bond acceptors (Lipinski definition) is 9. The molecule has 10 heteroatoms. The second kappa shape index (κ2) is 9.18. The summed E-state index contributed by atoms with van der Waals surface area (Å²) >= 11 is 0. The number of carbonyl (C=O) groups is 1. The van der Waals surface area contributed by atoms with Crippen LogP contribution in [0.25, 0.3) is 39.6 Å². The van der Waals surface area contributed by atoms with Crippen LogP contribution in [0.2, 0.25) is 0 Å². The van der Waals surface area contributed by atoms with Gasteiger partial charge in [0.05, 0.1) is 12.8 Å². The molecule has 0 aliphatic rings. The Morgan fingerprint density at radius 3 is 2.46 bits per heavy atom. The molecule has 35 heavy (non-hydrogen) atoms. The number of methoxy groups -OCH3 is 1. The number of hydrogen-bond donors (Lipinski definition) is 1. The third-order valence-electron chi connectivity index (χ3n) is 5.32. The standard InChI is InChI=1S/C25H21N7O3/c1-15(33)35-14-16-3-6-18(7-4-16)32-24-20(31-25(32)22-23(26)28-12-11-27-22)9-8-19(30-24)17-5-10-21(34-2)29-13-17/h3-13H,14H2,1-2H3,(H2,26,28). The maximum absolute atomic E-state index is 11.2. The van der Waals surface area contributed by atoms with Crippen molar-refractivity contribution >= 4 is 23.0 Å². The largest absolute Gasteiger partial charge is 0.481 e. The van der Waals surface area contributed by atoms with Crippen molar-refractivity contribution in [2.75, 3.05) is 12.8 Å². The van der Waals surface area contributed by atoms with Crippen LogP contribution in [-0.2, 0) is 16.1 Å². The van der Waals surface area contributed by atoms with Crippen LogP contribution >= 0.6 is 0 Å². The van der Waals surface area contributed by atoms with Crippen LogP contribution < -0.4 is 10.5 Å². The first kappa shape index (κ1) is 22.0. The molecule has 5 rings (SSSR count). The summed E-state index contributed by atoms with van der Waals surface area (Å²) in [4.78, 5) is 33.7. The monoisotopic (exact) mass is 467 g/mol. The van der Waals surface area contributed by atoms with Gasteiger partial charge in [0.15, 0.2) is 17.3 Å². The van der Waals surface area contributed by atoms with Gasteiger partial charge in [-0.3, -0.25) is 9.36 Å². The van der Waals surface area contributed by atoms with Crippen molar-refractivity contribution in [3.05, 3.63) is 72.7 Å². The van der Waals surface area contributed by atoms with Crippen molar-refractivity contribution in [3.63, 3.8) is 0 Å². The molecule has 0 aliphatic carbocycles. The van der Waals surface area contributed by atoms with Crippen LogP contribution in [0.4, 0.5) is 5.82 Å². The maximum atomic E-state index is 11.2. The molecule has 0 spiro atoms. The van der Waals surface area contributed by atoms with Gasteiger partial charge in [0.25, 0.3) is 0 Å². The van der Waals surface area contributed by atoms with E-state index in [4.69, 9.17) is 25.2 Å². The molecule has 1 aromatic carbocycles. The van der Waals surface area contributed by atoms with E-state index in [1.54, 1.807) is 25.6 Å². The summed E-state index contributed by atoms with van der Waals surface area (Å²) in [5, 5.41) is 0. The number of fused-ring (bicyclic) bond motifs is 1. The maximum Gasteiger partial charge on any atom is 0.302 e. The van der Waals surface area contributed by atoms with Crippen molar-refractivity contribution < 1.29 is 14.3 Å². The predicted octanol–water partition coefficient (Wildman–Crippen LogP) is 3.59. The highest BCUT2D eigenvalue weighted by Gasteiger charge is 2.20. The number of aromatic nitrogens is 6. The van der Waals surface area contributed by atoms with E-state index >= 15 is 0 Å². The highest BCUT2D eigenvalue weighted by molar-refractivity contribution is 5.83. The van der Waals surface area contributed by atoms with E-state index in [2.05, 4.69) is 15.0 Å². The number of esters is 1. The van der Waals surface area contributed by atoms with E-state index in [-0.39, 0.29) is 18.4 Å². The molecule has 0 aliphatic heterocycles. The van der Waals surface area contributed by atoms with Crippen LogP contribution in [0, 0.1) is 0 Å². The molecule has 0 unspecified atom stereocenters. The zero-order valence-electron chi connectivity index (χ0n) is 19.0. The van der Waals surface area contributed by atoms with E-state index < -0.39 is 0 Å². The second-order valence-electron chi connectivity index (χ2n) is 7.64. The molecule has 5 aromatic rings. The van der Waals surface area contributed by atoms with Crippen LogP contribution in [0.5, 0.6) is 5.88 Å². The Hall–Kier alpha value is -4.86. The van der Waals surface area contributed by atoms with Gasteiger partial charge in [-0.1, -0.05) is 12.1 Å². The summed E-state index contributed by atoms with van der Waals surface area (Å²) < 4.78 is 12.1. The number of ether oxygens (including phenoxy) is 2. The summed E-state index contributed by atoms with van der Waals surface area (Å²) in [5.74, 6) is 0.958. The fraction of sp³-hybridized carbons (Fsp3) is 0.120. The van der Waals surface area contributed by atoms with E-state index in [0.29, 0.717) is 28.6 Å². The van der Waals surface area contributed by atoms with E-state index in [1.165, 1.54) is 13.1 Å². The van der Waals surface area contributed by atoms with Gasteiger partial charge in [0, 0.05) is 42.8 Å². The lowest BCUT2D eigenvalue weighted by atomic mass is 10.2. The quantitative estimate of drug-likeness (QED) is 0.372. The zero-order chi connectivity index (χ0) is 24.4. The molecule has 174 valence electrons. The first-order valence-corrected chi connectivity index (χ1v) is 10.7. The number of nitrogen functional groups attached to an aromatic ring is 1. The van der Waals surface area contributed by atoms with Crippen molar-refractivity contribution in [2.24, 2.45) is 0 Å². The SMILES string of the molecule is COc1ccc(-c2ccc3nc(-c4nccnc4N)n(-c4ccc(COC(C)=O)cc4)c3n2)cn1. The minimum Gasteiger partial charge on any atom is -0.481 e.